The van der Waals surface area contributed by atoms with E-state index in [1.807, 2.05) is 24.3 Å². The lowest BCUT2D eigenvalue weighted by Crippen LogP contribution is -1.95. The van der Waals surface area contributed by atoms with Crippen molar-refractivity contribution in [1.82, 2.24) is 0 Å². The van der Waals surface area contributed by atoms with Crippen molar-refractivity contribution in [3.8, 4) is 0 Å². The average Bonchev–Trinajstić information content (AvgIpc) is 2.60. The summed E-state index contributed by atoms with van der Waals surface area (Å²) >= 11 is 0. The Balaban J connectivity index is 1.61. The van der Waals surface area contributed by atoms with Crippen LogP contribution in [0.3, 0.4) is 0 Å². The molecule has 2 aromatic rings. The standard InChI is InChI=1S/C18H24N2O4S2/c21-25(22)19-17-11-7-15(8-12-17)5-3-1-2-4-6-16-9-13-18(14-10-16)20-26(23)24/h7-14,25-26H,1-6H2,(H,19,21,22)(H,20,23,24). The van der Waals surface area contributed by atoms with Crippen molar-refractivity contribution in [1.29, 1.82) is 0 Å². The molecule has 2 rings (SSSR count). The second-order valence-electron chi connectivity index (χ2n) is 6.05. The summed E-state index contributed by atoms with van der Waals surface area (Å²) in [6.07, 6.45) is 6.45. The highest BCUT2D eigenvalue weighted by Gasteiger charge is 1.98. The number of benzene rings is 2. The van der Waals surface area contributed by atoms with Gasteiger partial charge in [-0.3, -0.25) is 9.44 Å². The number of anilines is 2. The van der Waals surface area contributed by atoms with Crippen molar-refractivity contribution in [3.05, 3.63) is 59.7 Å². The minimum atomic E-state index is -2.61. The van der Waals surface area contributed by atoms with Gasteiger partial charge in [-0.1, -0.05) is 37.1 Å². The molecule has 0 aliphatic heterocycles. The van der Waals surface area contributed by atoms with E-state index in [-0.39, 0.29) is 0 Å². The fourth-order valence-corrected chi connectivity index (χ4v) is 3.43. The largest absolute Gasteiger partial charge is 0.286 e. The summed E-state index contributed by atoms with van der Waals surface area (Å²) in [7, 11) is -5.22. The Bertz CT molecular complexity index is 742. The molecule has 0 radical (unpaired) electrons. The van der Waals surface area contributed by atoms with Crippen LogP contribution in [0.15, 0.2) is 48.5 Å². The van der Waals surface area contributed by atoms with E-state index >= 15 is 0 Å². The quantitative estimate of drug-likeness (QED) is 0.347. The highest BCUT2D eigenvalue weighted by atomic mass is 32.2. The topological polar surface area (TPSA) is 92.3 Å². The minimum Gasteiger partial charge on any atom is -0.286 e. The Morgan fingerprint density at radius 3 is 1.19 bits per heavy atom. The van der Waals surface area contributed by atoms with Gasteiger partial charge < -0.3 is 0 Å². The van der Waals surface area contributed by atoms with Crippen LogP contribution < -0.4 is 9.44 Å². The predicted molar refractivity (Wildman–Crippen MR) is 107 cm³/mol. The first-order chi connectivity index (χ1) is 12.5. The molecule has 0 aliphatic carbocycles. The number of aryl methyl sites for hydroxylation is 2. The van der Waals surface area contributed by atoms with Gasteiger partial charge in [-0.2, -0.15) is 0 Å². The molecule has 6 nitrogen and oxygen atoms in total. The van der Waals surface area contributed by atoms with E-state index in [1.165, 1.54) is 11.1 Å². The van der Waals surface area contributed by atoms with Crippen LogP contribution in [0.5, 0.6) is 0 Å². The summed E-state index contributed by atoms with van der Waals surface area (Å²) in [5.74, 6) is 0. The van der Waals surface area contributed by atoms with E-state index < -0.39 is 21.8 Å². The third-order valence-electron chi connectivity index (χ3n) is 4.03. The van der Waals surface area contributed by atoms with E-state index in [1.54, 1.807) is 24.3 Å². The fraction of sp³-hybridized carbons (Fsp3) is 0.333. The Kier molecular flexibility index (Phi) is 8.43. The molecule has 0 heterocycles. The van der Waals surface area contributed by atoms with E-state index in [0.717, 1.165) is 38.5 Å². The monoisotopic (exact) mass is 396 g/mol. The second-order valence-corrected chi connectivity index (χ2v) is 7.52. The number of hydrogen-bond donors (Lipinski definition) is 4. The lowest BCUT2D eigenvalue weighted by molar-refractivity contribution is 0.617. The summed E-state index contributed by atoms with van der Waals surface area (Å²) in [6, 6.07) is 14.9. The Morgan fingerprint density at radius 2 is 0.885 bits per heavy atom. The number of rotatable bonds is 11. The summed E-state index contributed by atoms with van der Waals surface area (Å²) in [4.78, 5) is 0. The zero-order valence-electron chi connectivity index (χ0n) is 14.4. The van der Waals surface area contributed by atoms with Gasteiger partial charge in [-0.05, 0) is 61.1 Å². The van der Waals surface area contributed by atoms with Crippen LogP contribution in [-0.4, -0.2) is 16.8 Å². The molecule has 2 N–H and O–H groups in total. The first kappa shape index (κ1) is 20.3. The van der Waals surface area contributed by atoms with Crippen molar-refractivity contribution in [2.75, 3.05) is 9.44 Å². The Morgan fingerprint density at radius 1 is 0.538 bits per heavy atom. The minimum absolute atomic E-state index is 0.591. The molecular formula is C18H24N2O4S2. The number of thiol groups is 2. The van der Waals surface area contributed by atoms with Crippen LogP contribution in [0.4, 0.5) is 11.4 Å². The molecule has 2 aromatic carbocycles. The first-order valence-electron chi connectivity index (χ1n) is 8.53. The third kappa shape index (κ3) is 7.88. The molecule has 0 aliphatic rings. The van der Waals surface area contributed by atoms with Gasteiger partial charge in [-0.15, -0.1) is 0 Å². The van der Waals surface area contributed by atoms with E-state index in [9.17, 15) is 16.8 Å². The maximum atomic E-state index is 10.6. The van der Waals surface area contributed by atoms with Gasteiger partial charge in [-0.25, -0.2) is 16.8 Å². The van der Waals surface area contributed by atoms with Crippen molar-refractivity contribution >= 4 is 33.2 Å². The molecule has 0 fully saturated rings. The van der Waals surface area contributed by atoms with E-state index in [2.05, 4.69) is 9.44 Å². The van der Waals surface area contributed by atoms with Gasteiger partial charge in [0.25, 0.3) is 0 Å². The molecule has 0 unspecified atom stereocenters. The number of hydrogen-bond acceptors (Lipinski definition) is 4. The zero-order valence-corrected chi connectivity index (χ0v) is 16.2. The molecule has 26 heavy (non-hydrogen) atoms. The smallest absolute Gasteiger partial charge is 0.222 e. The summed E-state index contributed by atoms with van der Waals surface area (Å²) in [6.45, 7) is 0. The van der Waals surface area contributed by atoms with Crippen molar-refractivity contribution < 1.29 is 16.8 Å². The molecule has 0 saturated heterocycles. The zero-order chi connectivity index (χ0) is 18.8. The molecule has 8 heteroatoms. The SMILES string of the molecule is O=[SH](=O)Nc1ccc(CCCCCCc2ccc(N[SH](=O)=O)cc2)cc1. The molecule has 0 bridgehead atoms. The lowest BCUT2D eigenvalue weighted by Gasteiger charge is -2.05. The van der Waals surface area contributed by atoms with E-state index in [4.69, 9.17) is 0 Å². The van der Waals surface area contributed by atoms with Crippen molar-refractivity contribution in [2.24, 2.45) is 0 Å². The lowest BCUT2D eigenvalue weighted by atomic mass is 10.0. The molecule has 0 aromatic heterocycles. The summed E-state index contributed by atoms with van der Waals surface area (Å²) in [5.41, 5.74) is 3.59. The third-order valence-corrected chi connectivity index (χ3v) is 4.91. The van der Waals surface area contributed by atoms with Crippen molar-refractivity contribution in [2.45, 2.75) is 38.5 Å². The highest BCUT2D eigenvalue weighted by molar-refractivity contribution is 7.74. The normalized spacial score (nSPS) is 11.0. The Hall–Kier alpha value is -2.06. The van der Waals surface area contributed by atoms with Crippen LogP contribution in [0, 0.1) is 0 Å². The maximum absolute atomic E-state index is 10.6. The molecule has 0 spiro atoms. The maximum Gasteiger partial charge on any atom is 0.222 e. The van der Waals surface area contributed by atoms with Gasteiger partial charge >= 0.3 is 0 Å². The van der Waals surface area contributed by atoms with Crippen LogP contribution in [0.25, 0.3) is 0 Å². The molecule has 142 valence electrons. The van der Waals surface area contributed by atoms with Gasteiger partial charge in [0.05, 0.1) is 0 Å². The van der Waals surface area contributed by atoms with Crippen LogP contribution in [-0.2, 0) is 34.6 Å². The Labute approximate surface area is 157 Å². The van der Waals surface area contributed by atoms with Crippen LogP contribution in [0.2, 0.25) is 0 Å². The van der Waals surface area contributed by atoms with Gasteiger partial charge in [0.1, 0.15) is 0 Å². The molecular weight excluding hydrogens is 372 g/mol. The molecule has 0 saturated carbocycles. The van der Waals surface area contributed by atoms with Gasteiger partial charge in [0.15, 0.2) is 0 Å². The fourth-order valence-electron chi connectivity index (χ4n) is 2.71. The average molecular weight is 397 g/mol. The van der Waals surface area contributed by atoms with Crippen LogP contribution >= 0.6 is 0 Å². The number of nitrogens with one attached hydrogen (secondary N) is 2. The summed E-state index contributed by atoms with van der Waals surface area (Å²) < 4.78 is 47.1. The molecule has 0 amide bonds. The van der Waals surface area contributed by atoms with E-state index in [0.29, 0.717) is 11.4 Å². The van der Waals surface area contributed by atoms with Gasteiger partial charge in [0, 0.05) is 11.4 Å². The highest BCUT2D eigenvalue weighted by Crippen LogP contribution is 2.15. The van der Waals surface area contributed by atoms with Gasteiger partial charge in [0.2, 0.25) is 21.8 Å². The van der Waals surface area contributed by atoms with Crippen LogP contribution in [0.1, 0.15) is 36.8 Å². The predicted octanol–water partition coefficient (Wildman–Crippen LogP) is 2.91. The first-order valence-corrected chi connectivity index (χ1v) is 10.9. The number of unbranched alkanes of at least 4 members (excludes halogenated alkanes) is 3. The van der Waals surface area contributed by atoms with Crippen molar-refractivity contribution in [3.63, 3.8) is 0 Å². The second kappa shape index (κ2) is 10.8. The summed E-state index contributed by atoms with van der Waals surface area (Å²) in [5, 5.41) is 0. The molecule has 0 atom stereocenters.